The number of likely N-dealkylation sites (tertiary alicyclic amines) is 1. The number of esters is 2. The maximum atomic E-state index is 13.1. The highest BCUT2D eigenvalue weighted by Crippen LogP contribution is 2.27. The standard InChI is InChI=1S/C12H17F2NO5/c1-3-20-10(17)6-8(11(13)14)15-7(12(18)19-2)4-5-9(15)16/h7-8,11H,3-6H2,1-2H3. The largest absolute Gasteiger partial charge is 0.467 e. The van der Waals surface area contributed by atoms with Gasteiger partial charge in [0.05, 0.1) is 20.1 Å². The average molecular weight is 293 g/mol. The SMILES string of the molecule is CCOC(=O)CC(C(F)F)N1C(=O)CCC1C(=O)OC. The van der Waals surface area contributed by atoms with Crippen LogP contribution in [0.15, 0.2) is 0 Å². The Morgan fingerprint density at radius 1 is 1.45 bits per heavy atom. The lowest BCUT2D eigenvalue weighted by atomic mass is 10.1. The first kappa shape index (κ1) is 16.3. The third kappa shape index (κ3) is 3.64. The van der Waals surface area contributed by atoms with Crippen molar-refractivity contribution in [3.63, 3.8) is 0 Å². The predicted octanol–water partition coefficient (Wildman–Crippen LogP) is 0.737. The Morgan fingerprint density at radius 3 is 2.60 bits per heavy atom. The summed E-state index contributed by atoms with van der Waals surface area (Å²) in [7, 11) is 1.12. The number of rotatable bonds is 6. The maximum absolute atomic E-state index is 13.1. The van der Waals surface area contributed by atoms with Gasteiger partial charge >= 0.3 is 11.9 Å². The smallest absolute Gasteiger partial charge is 0.328 e. The Morgan fingerprint density at radius 2 is 2.10 bits per heavy atom. The number of carbonyl (C=O) groups is 3. The molecule has 2 atom stereocenters. The molecule has 1 amide bonds. The Balaban J connectivity index is 2.90. The highest BCUT2D eigenvalue weighted by Gasteiger charge is 2.45. The van der Waals surface area contributed by atoms with E-state index >= 15 is 0 Å². The van der Waals surface area contributed by atoms with Gasteiger partial charge in [0.25, 0.3) is 6.43 Å². The van der Waals surface area contributed by atoms with Gasteiger partial charge in [-0.25, -0.2) is 13.6 Å². The highest BCUT2D eigenvalue weighted by atomic mass is 19.3. The van der Waals surface area contributed by atoms with Crippen LogP contribution in [0.2, 0.25) is 0 Å². The Labute approximate surface area is 115 Å². The minimum atomic E-state index is -2.95. The molecule has 1 aliphatic rings. The second-order valence-electron chi connectivity index (χ2n) is 4.29. The van der Waals surface area contributed by atoms with E-state index in [2.05, 4.69) is 9.47 Å². The van der Waals surface area contributed by atoms with Gasteiger partial charge in [0.1, 0.15) is 12.1 Å². The molecule has 0 radical (unpaired) electrons. The second-order valence-corrected chi connectivity index (χ2v) is 4.29. The lowest BCUT2D eigenvalue weighted by Crippen LogP contribution is -2.50. The van der Waals surface area contributed by atoms with Crippen molar-refractivity contribution in [1.29, 1.82) is 0 Å². The molecule has 0 aromatic carbocycles. The van der Waals surface area contributed by atoms with Gasteiger partial charge in [-0.15, -0.1) is 0 Å². The molecule has 1 aliphatic heterocycles. The van der Waals surface area contributed by atoms with Crippen LogP contribution >= 0.6 is 0 Å². The minimum Gasteiger partial charge on any atom is -0.467 e. The molecule has 8 heteroatoms. The number of hydrogen-bond acceptors (Lipinski definition) is 5. The molecule has 0 aromatic rings. The van der Waals surface area contributed by atoms with Crippen LogP contribution in [0.4, 0.5) is 8.78 Å². The van der Waals surface area contributed by atoms with Crippen LogP contribution in [0, 0.1) is 0 Å². The third-order valence-corrected chi connectivity index (χ3v) is 3.06. The number of methoxy groups -OCH3 is 1. The first-order chi connectivity index (χ1) is 9.42. The summed E-state index contributed by atoms with van der Waals surface area (Å²) in [5, 5.41) is 0. The van der Waals surface area contributed by atoms with E-state index in [-0.39, 0.29) is 19.4 Å². The van der Waals surface area contributed by atoms with Crippen LogP contribution in [0.25, 0.3) is 0 Å². The van der Waals surface area contributed by atoms with Gasteiger partial charge in [0.2, 0.25) is 5.91 Å². The lowest BCUT2D eigenvalue weighted by Gasteiger charge is -2.30. The summed E-state index contributed by atoms with van der Waals surface area (Å²) >= 11 is 0. The van der Waals surface area contributed by atoms with Crippen molar-refractivity contribution < 1.29 is 32.6 Å². The normalized spacial score (nSPS) is 20.1. The van der Waals surface area contributed by atoms with Crippen molar-refractivity contribution in [2.45, 2.75) is 44.7 Å². The summed E-state index contributed by atoms with van der Waals surface area (Å²) in [5.74, 6) is -2.18. The molecule has 0 spiro atoms. The molecule has 114 valence electrons. The number of halogens is 2. The molecule has 1 rings (SSSR count). The lowest BCUT2D eigenvalue weighted by molar-refractivity contribution is -0.157. The Hall–Kier alpha value is -1.73. The van der Waals surface area contributed by atoms with Gasteiger partial charge in [0.15, 0.2) is 0 Å². The molecule has 1 heterocycles. The van der Waals surface area contributed by atoms with Gasteiger partial charge < -0.3 is 14.4 Å². The average Bonchev–Trinajstić information content (AvgIpc) is 2.77. The van der Waals surface area contributed by atoms with Crippen LogP contribution < -0.4 is 0 Å². The second kappa shape index (κ2) is 7.16. The van der Waals surface area contributed by atoms with Crippen LogP contribution in [-0.2, 0) is 23.9 Å². The molecular formula is C12H17F2NO5. The molecule has 1 fully saturated rings. The van der Waals surface area contributed by atoms with Crippen molar-refractivity contribution in [2.75, 3.05) is 13.7 Å². The van der Waals surface area contributed by atoms with Crippen LogP contribution in [0.1, 0.15) is 26.2 Å². The van der Waals surface area contributed by atoms with E-state index in [1.54, 1.807) is 6.92 Å². The van der Waals surface area contributed by atoms with Gasteiger partial charge in [0, 0.05) is 6.42 Å². The topological polar surface area (TPSA) is 72.9 Å². The van der Waals surface area contributed by atoms with Gasteiger partial charge in [-0.3, -0.25) is 9.59 Å². The molecular weight excluding hydrogens is 276 g/mol. The van der Waals surface area contributed by atoms with Gasteiger partial charge in [-0.05, 0) is 13.3 Å². The van der Waals surface area contributed by atoms with Crippen LogP contribution in [0.3, 0.4) is 0 Å². The molecule has 0 aliphatic carbocycles. The molecule has 0 saturated carbocycles. The number of carbonyl (C=O) groups excluding carboxylic acids is 3. The van der Waals surface area contributed by atoms with E-state index in [0.29, 0.717) is 0 Å². The molecule has 0 bridgehead atoms. The Bertz CT molecular complexity index is 388. The highest BCUT2D eigenvalue weighted by molar-refractivity contribution is 5.89. The molecule has 1 saturated heterocycles. The summed E-state index contributed by atoms with van der Waals surface area (Å²) in [4.78, 5) is 35.4. The molecule has 0 N–H and O–H groups in total. The first-order valence-electron chi connectivity index (χ1n) is 6.25. The fraction of sp³-hybridized carbons (Fsp3) is 0.750. The molecule has 20 heavy (non-hydrogen) atoms. The van der Waals surface area contributed by atoms with E-state index in [9.17, 15) is 23.2 Å². The fourth-order valence-corrected chi connectivity index (χ4v) is 2.19. The molecule has 2 unspecified atom stereocenters. The summed E-state index contributed by atoms with van der Waals surface area (Å²) < 4.78 is 35.3. The monoisotopic (exact) mass is 293 g/mol. The maximum Gasteiger partial charge on any atom is 0.328 e. The molecule has 6 nitrogen and oxygen atoms in total. The van der Waals surface area contributed by atoms with E-state index < -0.39 is 42.8 Å². The zero-order valence-corrected chi connectivity index (χ0v) is 11.3. The van der Waals surface area contributed by atoms with Crippen molar-refractivity contribution in [1.82, 2.24) is 4.90 Å². The number of ether oxygens (including phenoxy) is 2. The number of alkyl halides is 2. The number of amides is 1. The van der Waals surface area contributed by atoms with Gasteiger partial charge in [-0.1, -0.05) is 0 Å². The summed E-state index contributed by atoms with van der Waals surface area (Å²) in [6.07, 6.45) is -3.51. The quantitative estimate of drug-likeness (QED) is 0.675. The van der Waals surface area contributed by atoms with Crippen LogP contribution in [0.5, 0.6) is 0 Å². The summed E-state index contributed by atoms with van der Waals surface area (Å²) in [6.45, 7) is 1.61. The van der Waals surface area contributed by atoms with Crippen LogP contribution in [-0.4, -0.2) is 55.0 Å². The zero-order valence-electron chi connectivity index (χ0n) is 11.3. The van der Waals surface area contributed by atoms with Crippen molar-refractivity contribution in [2.24, 2.45) is 0 Å². The number of nitrogens with zero attached hydrogens (tertiary/aromatic N) is 1. The third-order valence-electron chi connectivity index (χ3n) is 3.06. The van der Waals surface area contributed by atoms with Crippen molar-refractivity contribution in [3.8, 4) is 0 Å². The molecule has 0 aromatic heterocycles. The zero-order chi connectivity index (χ0) is 15.3. The van der Waals surface area contributed by atoms with E-state index in [1.165, 1.54) is 0 Å². The van der Waals surface area contributed by atoms with Gasteiger partial charge in [-0.2, -0.15) is 0 Å². The fourth-order valence-electron chi connectivity index (χ4n) is 2.19. The first-order valence-corrected chi connectivity index (χ1v) is 6.25. The summed E-state index contributed by atoms with van der Waals surface area (Å²) in [6, 6.07) is -2.74. The van der Waals surface area contributed by atoms with Crippen molar-refractivity contribution in [3.05, 3.63) is 0 Å². The minimum absolute atomic E-state index is 0.0220. The summed E-state index contributed by atoms with van der Waals surface area (Å²) in [5.41, 5.74) is 0. The predicted molar refractivity (Wildman–Crippen MR) is 62.9 cm³/mol. The van der Waals surface area contributed by atoms with Crippen molar-refractivity contribution >= 4 is 17.8 Å². The Kier molecular flexibility index (Phi) is 5.84. The van der Waals surface area contributed by atoms with E-state index in [1.807, 2.05) is 0 Å². The number of hydrogen-bond donors (Lipinski definition) is 0. The van der Waals surface area contributed by atoms with E-state index in [0.717, 1.165) is 12.0 Å². The van der Waals surface area contributed by atoms with E-state index in [4.69, 9.17) is 0 Å².